The largest absolute Gasteiger partial charge is 0.380 e. The topological polar surface area (TPSA) is 20.2 Å². The molecular weight excluding hydrogens is 215 g/mol. The van der Waals surface area contributed by atoms with Gasteiger partial charge in [-0.3, -0.25) is 0 Å². The van der Waals surface area contributed by atoms with Gasteiger partial charge in [0.25, 0.3) is 0 Å². The molecule has 0 aliphatic heterocycles. The molecular formula is C12H12ClFO. The zero-order chi connectivity index (χ0) is 11.4. The molecule has 1 nitrogen and oxygen atoms in total. The van der Waals surface area contributed by atoms with Crippen LogP contribution in [0.3, 0.4) is 0 Å². The Bertz CT molecular complexity index is 384. The Labute approximate surface area is 93.9 Å². The first-order chi connectivity index (χ1) is 6.99. The minimum atomic E-state index is -0.702. The summed E-state index contributed by atoms with van der Waals surface area (Å²) >= 11 is 5.66. The molecule has 1 aromatic carbocycles. The van der Waals surface area contributed by atoms with Gasteiger partial charge in [-0.05, 0) is 24.1 Å². The number of hydrogen-bond donors (Lipinski definition) is 1. The quantitative estimate of drug-likeness (QED) is 0.731. The molecule has 1 aromatic rings. The van der Waals surface area contributed by atoms with Gasteiger partial charge in [0.2, 0.25) is 0 Å². The molecule has 0 aliphatic rings. The molecule has 1 unspecified atom stereocenters. The van der Waals surface area contributed by atoms with Gasteiger partial charge in [-0.2, -0.15) is 0 Å². The molecule has 3 heteroatoms. The van der Waals surface area contributed by atoms with Gasteiger partial charge in [0, 0.05) is 10.6 Å². The van der Waals surface area contributed by atoms with E-state index in [2.05, 4.69) is 11.8 Å². The molecule has 0 aliphatic carbocycles. The first-order valence-corrected chi connectivity index (χ1v) is 5.02. The fraction of sp³-hybridized carbons (Fsp3) is 0.333. The molecule has 0 fully saturated rings. The second kappa shape index (κ2) is 5.16. The molecule has 80 valence electrons. The van der Waals surface area contributed by atoms with Crippen LogP contribution in [-0.4, -0.2) is 11.2 Å². The van der Waals surface area contributed by atoms with E-state index in [-0.39, 0.29) is 5.92 Å². The van der Waals surface area contributed by atoms with Crippen molar-refractivity contribution in [3.63, 3.8) is 0 Å². The van der Waals surface area contributed by atoms with Crippen molar-refractivity contribution in [1.82, 2.24) is 0 Å². The smallest absolute Gasteiger partial charge is 0.125 e. The van der Waals surface area contributed by atoms with Crippen LogP contribution in [0.25, 0.3) is 0 Å². The van der Waals surface area contributed by atoms with Crippen molar-refractivity contribution in [2.45, 2.75) is 20.0 Å². The standard InChI is InChI=1S/C12H12ClFO/c1-8(2)12(15)4-3-9-5-10(13)7-11(14)6-9/h5-8,12,15H,1-2H3. The summed E-state index contributed by atoms with van der Waals surface area (Å²) in [6.07, 6.45) is -0.702. The number of rotatable bonds is 1. The van der Waals surface area contributed by atoms with Crippen molar-refractivity contribution in [2.75, 3.05) is 0 Å². The Balaban J connectivity index is 2.89. The first kappa shape index (κ1) is 12.0. The zero-order valence-corrected chi connectivity index (χ0v) is 9.35. The summed E-state index contributed by atoms with van der Waals surface area (Å²) in [6, 6.07) is 4.06. The highest BCUT2D eigenvalue weighted by atomic mass is 35.5. The number of aliphatic hydroxyl groups excluding tert-OH is 1. The lowest BCUT2D eigenvalue weighted by Crippen LogP contribution is -2.11. The van der Waals surface area contributed by atoms with Crippen LogP contribution in [0.5, 0.6) is 0 Å². The minimum absolute atomic E-state index is 0.0570. The molecule has 0 saturated carbocycles. The van der Waals surface area contributed by atoms with Gasteiger partial charge in [0.05, 0.1) is 0 Å². The monoisotopic (exact) mass is 226 g/mol. The van der Waals surface area contributed by atoms with Gasteiger partial charge in [-0.15, -0.1) is 0 Å². The van der Waals surface area contributed by atoms with Crippen LogP contribution < -0.4 is 0 Å². The maximum absolute atomic E-state index is 12.9. The van der Waals surface area contributed by atoms with E-state index in [9.17, 15) is 9.50 Å². The number of hydrogen-bond acceptors (Lipinski definition) is 1. The second-order valence-corrected chi connectivity index (χ2v) is 4.05. The van der Waals surface area contributed by atoms with E-state index in [1.807, 2.05) is 13.8 Å². The third-order valence-electron chi connectivity index (χ3n) is 1.86. The molecule has 0 saturated heterocycles. The van der Waals surface area contributed by atoms with Crippen LogP contribution in [0, 0.1) is 23.6 Å². The SMILES string of the molecule is CC(C)C(O)C#Cc1cc(F)cc(Cl)c1. The van der Waals surface area contributed by atoms with Crippen LogP contribution in [0.2, 0.25) is 5.02 Å². The van der Waals surface area contributed by atoms with Crippen molar-refractivity contribution in [2.24, 2.45) is 5.92 Å². The summed E-state index contributed by atoms with van der Waals surface area (Å²) in [5, 5.41) is 9.73. The van der Waals surface area contributed by atoms with Crippen molar-refractivity contribution in [3.8, 4) is 11.8 Å². The lowest BCUT2D eigenvalue weighted by atomic mass is 10.1. The van der Waals surface area contributed by atoms with Gasteiger partial charge in [-0.25, -0.2) is 4.39 Å². The Kier molecular flexibility index (Phi) is 4.14. The van der Waals surface area contributed by atoms with Gasteiger partial charge in [0.15, 0.2) is 0 Å². The summed E-state index contributed by atoms with van der Waals surface area (Å²) in [5.74, 6) is 4.95. The molecule has 0 amide bonds. The summed E-state index contributed by atoms with van der Waals surface area (Å²) in [4.78, 5) is 0. The lowest BCUT2D eigenvalue weighted by Gasteiger charge is -2.05. The average molecular weight is 227 g/mol. The van der Waals surface area contributed by atoms with E-state index < -0.39 is 11.9 Å². The van der Waals surface area contributed by atoms with E-state index in [0.29, 0.717) is 10.6 Å². The lowest BCUT2D eigenvalue weighted by molar-refractivity contribution is 0.181. The van der Waals surface area contributed by atoms with Crippen LogP contribution in [0.1, 0.15) is 19.4 Å². The maximum atomic E-state index is 12.9. The summed E-state index contributed by atoms with van der Waals surface area (Å²) in [7, 11) is 0. The normalized spacial score (nSPS) is 12.1. The Morgan fingerprint density at radius 1 is 1.33 bits per heavy atom. The van der Waals surface area contributed by atoms with E-state index in [4.69, 9.17) is 11.6 Å². The zero-order valence-electron chi connectivity index (χ0n) is 8.59. The third-order valence-corrected chi connectivity index (χ3v) is 2.08. The van der Waals surface area contributed by atoms with Crippen molar-refractivity contribution in [3.05, 3.63) is 34.6 Å². The Morgan fingerprint density at radius 2 is 2.00 bits per heavy atom. The fourth-order valence-electron chi connectivity index (χ4n) is 0.950. The molecule has 0 heterocycles. The first-order valence-electron chi connectivity index (χ1n) is 4.64. The Hall–Kier alpha value is -1.04. The summed E-state index contributed by atoms with van der Waals surface area (Å²) in [5.41, 5.74) is 0.472. The van der Waals surface area contributed by atoms with E-state index >= 15 is 0 Å². The van der Waals surface area contributed by atoms with Crippen molar-refractivity contribution >= 4 is 11.6 Å². The summed E-state index contributed by atoms with van der Waals surface area (Å²) < 4.78 is 12.9. The molecule has 0 radical (unpaired) electrons. The number of aliphatic hydroxyl groups is 1. The Morgan fingerprint density at radius 3 is 2.53 bits per heavy atom. The van der Waals surface area contributed by atoms with Gasteiger partial charge in [0.1, 0.15) is 11.9 Å². The number of halogens is 2. The molecule has 0 bridgehead atoms. The molecule has 1 atom stereocenters. The highest BCUT2D eigenvalue weighted by Gasteiger charge is 2.03. The molecule has 1 rings (SSSR count). The molecule has 15 heavy (non-hydrogen) atoms. The molecule has 0 spiro atoms. The third kappa shape index (κ3) is 3.91. The van der Waals surface area contributed by atoms with Gasteiger partial charge >= 0.3 is 0 Å². The second-order valence-electron chi connectivity index (χ2n) is 3.62. The van der Waals surface area contributed by atoms with Gasteiger partial charge < -0.3 is 5.11 Å². The van der Waals surface area contributed by atoms with Crippen LogP contribution in [-0.2, 0) is 0 Å². The maximum Gasteiger partial charge on any atom is 0.125 e. The predicted molar refractivity (Wildman–Crippen MR) is 59.1 cm³/mol. The highest BCUT2D eigenvalue weighted by Crippen LogP contribution is 2.13. The minimum Gasteiger partial charge on any atom is -0.380 e. The van der Waals surface area contributed by atoms with Crippen LogP contribution >= 0.6 is 11.6 Å². The fourth-order valence-corrected chi connectivity index (χ4v) is 1.17. The van der Waals surface area contributed by atoms with Gasteiger partial charge in [-0.1, -0.05) is 37.3 Å². The van der Waals surface area contributed by atoms with Crippen molar-refractivity contribution in [1.29, 1.82) is 0 Å². The summed E-state index contributed by atoms with van der Waals surface area (Å²) in [6.45, 7) is 3.72. The average Bonchev–Trinajstić information content (AvgIpc) is 2.12. The molecule has 0 aromatic heterocycles. The van der Waals surface area contributed by atoms with Crippen LogP contribution in [0.15, 0.2) is 18.2 Å². The van der Waals surface area contributed by atoms with E-state index in [1.54, 1.807) is 6.07 Å². The van der Waals surface area contributed by atoms with Crippen LogP contribution in [0.4, 0.5) is 4.39 Å². The molecule has 1 N–H and O–H groups in total. The van der Waals surface area contributed by atoms with E-state index in [1.165, 1.54) is 12.1 Å². The predicted octanol–water partition coefficient (Wildman–Crippen LogP) is 2.85. The number of benzene rings is 1. The van der Waals surface area contributed by atoms with Crippen molar-refractivity contribution < 1.29 is 9.50 Å². The highest BCUT2D eigenvalue weighted by molar-refractivity contribution is 6.30. The van der Waals surface area contributed by atoms with E-state index in [0.717, 1.165) is 0 Å².